The van der Waals surface area contributed by atoms with Crippen LogP contribution in [0.4, 0.5) is 0 Å². The first-order valence-electron chi connectivity index (χ1n) is 10.1. The van der Waals surface area contributed by atoms with Gasteiger partial charge in [0.05, 0.1) is 0 Å². The second-order valence-electron chi connectivity index (χ2n) is 7.28. The second-order valence-corrected chi connectivity index (χ2v) is 7.28. The van der Waals surface area contributed by atoms with Gasteiger partial charge in [0.1, 0.15) is 35.5 Å². The summed E-state index contributed by atoms with van der Waals surface area (Å²) in [5.74, 6) is 1.64. The lowest BCUT2D eigenvalue weighted by atomic mass is 9.88. The first-order valence-corrected chi connectivity index (χ1v) is 10.1. The van der Waals surface area contributed by atoms with Crippen LogP contribution in [-0.4, -0.2) is 5.97 Å². The van der Waals surface area contributed by atoms with Crippen molar-refractivity contribution in [3.05, 3.63) is 120 Å². The molecule has 0 amide bonds. The minimum atomic E-state index is -0.546. The van der Waals surface area contributed by atoms with Crippen LogP contribution in [0.25, 0.3) is 0 Å². The molecule has 0 radical (unpaired) electrons. The van der Waals surface area contributed by atoms with Crippen molar-refractivity contribution < 1.29 is 19.0 Å². The van der Waals surface area contributed by atoms with E-state index in [4.69, 9.17) is 14.2 Å². The van der Waals surface area contributed by atoms with E-state index in [-0.39, 0.29) is 5.97 Å². The van der Waals surface area contributed by atoms with Crippen LogP contribution < -0.4 is 14.2 Å². The molecule has 0 saturated heterocycles. The van der Waals surface area contributed by atoms with E-state index in [2.05, 4.69) is 0 Å². The molecule has 5 rings (SSSR count). The monoisotopic (exact) mass is 408 g/mol. The Hall–Kier alpha value is -4.05. The van der Waals surface area contributed by atoms with Gasteiger partial charge < -0.3 is 14.2 Å². The summed E-state index contributed by atoms with van der Waals surface area (Å²) in [5, 5.41) is 0. The molecule has 4 aromatic rings. The van der Waals surface area contributed by atoms with E-state index in [1.54, 1.807) is 24.3 Å². The molecule has 0 N–H and O–H groups in total. The molecule has 0 unspecified atom stereocenters. The van der Waals surface area contributed by atoms with Crippen molar-refractivity contribution in [1.29, 1.82) is 0 Å². The largest absolute Gasteiger partial charge is 0.489 e. The molecule has 1 heterocycles. The molecular weight excluding hydrogens is 388 g/mol. The van der Waals surface area contributed by atoms with E-state index in [0.717, 1.165) is 16.7 Å². The van der Waals surface area contributed by atoms with Gasteiger partial charge in [-0.3, -0.25) is 4.79 Å². The molecule has 4 aromatic carbocycles. The van der Waals surface area contributed by atoms with Crippen LogP contribution in [0, 0.1) is 0 Å². The van der Waals surface area contributed by atoms with Crippen molar-refractivity contribution in [3.63, 3.8) is 0 Å². The average molecular weight is 408 g/mol. The van der Waals surface area contributed by atoms with Crippen molar-refractivity contribution in [2.45, 2.75) is 12.5 Å². The van der Waals surface area contributed by atoms with Crippen LogP contribution >= 0.6 is 0 Å². The Morgan fingerprint density at radius 3 is 1.87 bits per heavy atom. The molecule has 4 heteroatoms. The second kappa shape index (κ2) is 8.36. The van der Waals surface area contributed by atoms with Gasteiger partial charge in [0.2, 0.25) is 0 Å². The summed E-state index contributed by atoms with van der Waals surface area (Å²) in [6.07, 6.45) is 0. The standard InChI is InChI=1S/C27H20O4/c28-27(26-22-10-4-6-12-24(22)31-25-13-7-5-11-23(25)26)30-21-16-14-20(15-17-21)29-18-19-8-2-1-3-9-19/h1-17,26H,18H2. The van der Waals surface area contributed by atoms with Crippen LogP contribution in [0.3, 0.4) is 0 Å². The molecule has 1 aliphatic heterocycles. The van der Waals surface area contributed by atoms with Crippen LogP contribution in [0.2, 0.25) is 0 Å². The van der Waals surface area contributed by atoms with Crippen LogP contribution in [0.5, 0.6) is 23.0 Å². The van der Waals surface area contributed by atoms with E-state index >= 15 is 0 Å². The fourth-order valence-electron chi connectivity index (χ4n) is 3.68. The number of hydrogen-bond acceptors (Lipinski definition) is 4. The Morgan fingerprint density at radius 1 is 0.677 bits per heavy atom. The zero-order valence-corrected chi connectivity index (χ0v) is 16.7. The minimum absolute atomic E-state index is 0.346. The SMILES string of the molecule is O=C(Oc1ccc(OCc2ccccc2)cc1)C1c2ccccc2Oc2ccccc21. The highest BCUT2D eigenvalue weighted by atomic mass is 16.5. The van der Waals surface area contributed by atoms with Gasteiger partial charge >= 0.3 is 5.97 Å². The third-order valence-electron chi connectivity index (χ3n) is 5.21. The summed E-state index contributed by atoms with van der Waals surface area (Å²) in [6.45, 7) is 0.482. The van der Waals surface area contributed by atoms with Gasteiger partial charge in [-0.15, -0.1) is 0 Å². The molecule has 4 nitrogen and oxygen atoms in total. The van der Waals surface area contributed by atoms with Gasteiger partial charge in [0.15, 0.2) is 0 Å². The summed E-state index contributed by atoms with van der Waals surface area (Å²) >= 11 is 0. The van der Waals surface area contributed by atoms with Crippen LogP contribution in [-0.2, 0) is 11.4 Å². The van der Waals surface area contributed by atoms with Gasteiger partial charge in [-0.2, -0.15) is 0 Å². The lowest BCUT2D eigenvalue weighted by molar-refractivity contribution is -0.135. The van der Waals surface area contributed by atoms with Gasteiger partial charge in [-0.25, -0.2) is 0 Å². The number of ether oxygens (including phenoxy) is 3. The Morgan fingerprint density at radius 2 is 1.23 bits per heavy atom. The molecule has 0 bridgehead atoms. The van der Waals surface area contributed by atoms with E-state index in [9.17, 15) is 4.79 Å². The number of carbonyl (C=O) groups excluding carboxylic acids is 1. The maximum atomic E-state index is 13.2. The molecule has 0 saturated carbocycles. The maximum absolute atomic E-state index is 13.2. The molecule has 0 atom stereocenters. The molecule has 0 spiro atoms. The third kappa shape index (κ3) is 4.01. The number of benzene rings is 4. The van der Waals surface area contributed by atoms with Crippen molar-refractivity contribution in [1.82, 2.24) is 0 Å². The molecule has 0 fully saturated rings. The zero-order chi connectivity index (χ0) is 21.0. The molecule has 1 aliphatic rings. The Balaban J connectivity index is 1.32. The lowest BCUT2D eigenvalue weighted by Crippen LogP contribution is -2.23. The fraction of sp³-hybridized carbons (Fsp3) is 0.0741. The topological polar surface area (TPSA) is 44.8 Å². The van der Waals surface area contributed by atoms with E-state index in [1.165, 1.54) is 0 Å². The minimum Gasteiger partial charge on any atom is -0.489 e. The van der Waals surface area contributed by atoms with Crippen molar-refractivity contribution in [3.8, 4) is 23.0 Å². The smallest absolute Gasteiger partial charge is 0.323 e. The summed E-state index contributed by atoms with van der Waals surface area (Å²) in [7, 11) is 0. The van der Waals surface area contributed by atoms with Crippen molar-refractivity contribution >= 4 is 5.97 Å². The number of para-hydroxylation sites is 2. The van der Waals surface area contributed by atoms with E-state index in [0.29, 0.717) is 29.6 Å². The van der Waals surface area contributed by atoms with Crippen molar-refractivity contribution in [2.75, 3.05) is 0 Å². The molecular formula is C27H20O4. The van der Waals surface area contributed by atoms with Gasteiger partial charge in [0.25, 0.3) is 0 Å². The Labute approximate surface area is 180 Å². The zero-order valence-electron chi connectivity index (χ0n) is 16.7. The third-order valence-corrected chi connectivity index (χ3v) is 5.21. The van der Waals surface area contributed by atoms with Crippen LogP contribution in [0.1, 0.15) is 22.6 Å². The molecule has 0 aromatic heterocycles. The summed E-state index contributed by atoms with van der Waals surface area (Å²) in [4.78, 5) is 13.2. The highest BCUT2D eigenvalue weighted by molar-refractivity contribution is 5.87. The summed E-state index contributed by atoms with van der Waals surface area (Å²) < 4.78 is 17.5. The molecule has 0 aliphatic carbocycles. The van der Waals surface area contributed by atoms with Gasteiger partial charge in [-0.05, 0) is 42.0 Å². The first kappa shape index (κ1) is 18.9. The number of fused-ring (bicyclic) bond motifs is 2. The summed E-state index contributed by atoms with van der Waals surface area (Å²) in [6, 6.07) is 32.2. The lowest BCUT2D eigenvalue weighted by Gasteiger charge is -2.26. The predicted octanol–water partition coefficient (Wildman–Crippen LogP) is 6.11. The van der Waals surface area contributed by atoms with E-state index in [1.807, 2.05) is 78.9 Å². The normalized spacial score (nSPS) is 12.3. The predicted molar refractivity (Wildman–Crippen MR) is 118 cm³/mol. The number of carbonyl (C=O) groups is 1. The van der Waals surface area contributed by atoms with Crippen LogP contribution in [0.15, 0.2) is 103 Å². The number of esters is 1. The van der Waals surface area contributed by atoms with E-state index < -0.39 is 5.92 Å². The quantitative estimate of drug-likeness (QED) is 0.295. The Bertz CT molecular complexity index is 1150. The summed E-state index contributed by atoms with van der Waals surface area (Å²) in [5.41, 5.74) is 2.69. The highest BCUT2D eigenvalue weighted by Crippen LogP contribution is 2.44. The average Bonchev–Trinajstić information content (AvgIpc) is 2.82. The van der Waals surface area contributed by atoms with Gasteiger partial charge in [0, 0.05) is 11.1 Å². The maximum Gasteiger partial charge on any atom is 0.323 e. The Kier molecular flexibility index (Phi) is 5.11. The number of rotatable bonds is 5. The van der Waals surface area contributed by atoms with Gasteiger partial charge in [-0.1, -0.05) is 66.7 Å². The molecule has 31 heavy (non-hydrogen) atoms. The highest BCUT2D eigenvalue weighted by Gasteiger charge is 2.33. The molecule has 152 valence electrons. The fourth-order valence-corrected chi connectivity index (χ4v) is 3.68. The van der Waals surface area contributed by atoms with Crippen molar-refractivity contribution in [2.24, 2.45) is 0 Å². The first-order chi connectivity index (χ1) is 15.3. The number of hydrogen-bond donors (Lipinski definition) is 0.